The van der Waals surface area contributed by atoms with Crippen molar-refractivity contribution in [3.8, 4) is 11.1 Å². The number of benzene rings is 2. The van der Waals surface area contributed by atoms with Crippen LogP contribution >= 0.6 is 11.8 Å². The summed E-state index contributed by atoms with van der Waals surface area (Å²) in [6, 6.07) is 13.5. The molecule has 1 N–H and O–H groups in total. The van der Waals surface area contributed by atoms with Gasteiger partial charge in [0.15, 0.2) is 0 Å². The maximum absolute atomic E-state index is 12.5. The van der Waals surface area contributed by atoms with Crippen molar-refractivity contribution in [3.05, 3.63) is 53.6 Å². The number of hydrogen-bond acceptors (Lipinski definition) is 6. The number of amides is 3. The van der Waals surface area contributed by atoms with E-state index in [9.17, 15) is 19.2 Å². The maximum atomic E-state index is 12.5. The molecule has 3 amide bonds. The summed E-state index contributed by atoms with van der Waals surface area (Å²) in [6.45, 7) is 1.72. The van der Waals surface area contributed by atoms with E-state index in [2.05, 4.69) is 5.32 Å². The van der Waals surface area contributed by atoms with Crippen LogP contribution in [0.25, 0.3) is 11.1 Å². The number of fused-ring (bicyclic) bond motifs is 3. The first-order valence-electron chi connectivity index (χ1n) is 9.92. The van der Waals surface area contributed by atoms with E-state index in [1.807, 2.05) is 42.5 Å². The second-order valence-corrected chi connectivity index (χ2v) is 8.49. The molecule has 0 spiro atoms. The molecule has 0 aromatic heterocycles. The number of nitrogens with zero attached hydrogens (tertiary/aromatic N) is 1. The number of imide groups is 1. The van der Waals surface area contributed by atoms with Crippen molar-refractivity contribution in [2.45, 2.75) is 24.0 Å². The first-order chi connectivity index (χ1) is 15.0. The van der Waals surface area contributed by atoms with E-state index in [1.54, 1.807) is 6.26 Å². The van der Waals surface area contributed by atoms with Gasteiger partial charge in [0.25, 0.3) is 0 Å². The Morgan fingerprint density at radius 3 is 2.43 bits per heavy atom. The van der Waals surface area contributed by atoms with Crippen LogP contribution in [-0.4, -0.2) is 53.8 Å². The fraction of sp³-hybridized carbons (Fsp3) is 0.304. The smallest absolute Gasteiger partial charge is 0.242 e. The molecule has 4 radical (unpaired) electrons. The number of ether oxygens (including phenoxy) is 1. The predicted molar refractivity (Wildman–Crippen MR) is 117 cm³/mol. The van der Waals surface area contributed by atoms with Crippen molar-refractivity contribution >= 4 is 41.6 Å². The standard InChI is InChI=1S/C23H21N2O5S.4V/c1-31-20-11-22(28)25(23(20)29)9-8-21(27)24-14-6-7-17-15-4-2-3-5-16(15)19(12-30-13-26)18(17)10-14;;;;/h2-7,10,19-20H,8-9,11-12H2,1H3,(H,24,27);;;;/q-1;;;;. The molecule has 2 aliphatic rings. The van der Waals surface area contributed by atoms with Crippen LogP contribution in [0.3, 0.4) is 0 Å². The molecular weight excluding hydrogens is 620 g/mol. The molecule has 1 saturated heterocycles. The maximum Gasteiger partial charge on any atom is 0.242 e. The van der Waals surface area contributed by atoms with Gasteiger partial charge in [-0.25, -0.2) is 0 Å². The summed E-state index contributed by atoms with van der Waals surface area (Å²) in [6.07, 6.45) is 2.01. The average molecular weight is 641 g/mol. The number of anilines is 1. The molecule has 4 rings (SSSR count). The van der Waals surface area contributed by atoms with E-state index in [4.69, 9.17) is 4.74 Å². The Morgan fingerprint density at radius 1 is 1.09 bits per heavy atom. The van der Waals surface area contributed by atoms with Gasteiger partial charge in [-0.15, -0.1) is 0 Å². The molecule has 2 aromatic carbocycles. The predicted octanol–water partition coefficient (Wildman–Crippen LogP) is 2.69. The first-order valence-corrected chi connectivity index (χ1v) is 11.2. The second-order valence-electron chi connectivity index (χ2n) is 7.45. The van der Waals surface area contributed by atoms with Crippen LogP contribution in [0.2, 0.25) is 0 Å². The van der Waals surface area contributed by atoms with Crippen molar-refractivity contribution in [1.82, 2.24) is 4.90 Å². The van der Waals surface area contributed by atoms with Crippen molar-refractivity contribution in [2.75, 3.05) is 24.7 Å². The number of carbonyl (C=O) groups is 3. The molecule has 1 heterocycles. The van der Waals surface area contributed by atoms with Gasteiger partial charge in [0.2, 0.25) is 17.7 Å². The monoisotopic (exact) mass is 641 g/mol. The second kappa shape index (κ2) is 15.5. The van der Waals surface area contributed by atoms with Gasteiger partial charge in [-0.05, 0) is 40.6 Å². The summed E-state index contributed by atoms with van der Waals surface area (Å²) in [4.78, 5) is 48.4. The third-order valence-corrected chi connectivity index (χ3v) is 6.63. The summed E-state index contributed by atoms with van der Waals surface area (Å²) >= 11 is 1.35. The topological polar surface area (TPSA) is 92.8 Å². The molecule has 7 nitrogen and oxygen atoms in total. The van der Waals surface area contributed by atoms with E-state index >= 15 is 0 Å². The third-order valence-electron chi connectivity index (χ3n) is 5.70. The molecule has 2 atom stereocenters. The van der Waals surface area contributed by atoms with Crippen LogP contribution in [0.4, 0.5) is 5.69 Å². The van der Waals surface area contributed by atoms with Gasteiger partial charge in [-0.3, -0.25) is 19.3 Å². The SMILES string of the molecule is CSC1CC(=O)N(CCC(=O)Nc2ccc3c(c2)C(CO[C-]=O)c2ccccc2-3)C1=O.[V].[V].[V].[V]. The van der Waals surface area contributed by atoms with Gasteiger partial charge in [-0.2, -0.15) is 11.8 Å². The fourth-order valence-corrected chi connectivity index (χ4v) is 4.83. The molecule has 2 aromatic rings. The van der Waals surface area contributed by atoms with Gasteiger partial charge < -0.3 is 14.8 Å². The third kappa shape index (κ3) is 7.38. The molecule has 0 bridgehead atoms. The zero-order valence-electron chi connectivity index (χ0n) is 18.7. The molecule has 12 heteroatoms. The van der Waals surface area contributed by atoms with Crippen LogP contribution in [0.5, 0.6) is 0 Å². The Hall–Kier alpha value is -0.792. The summed E-state index contributed by atoms with van der Waals surface area (Å²) < 4.78 is 4.92. The molecule has 35 heavy (non-hydrogen) atoms. The number of nitrogens with one attached hydrogen (secondary N) is 1. The van der Waals surface area contributed by atoms with Crippen LogP contribution in [0.15, 0.2) is 42.5 Å². The van der Waals surface area contributed by atoms with Gasteiger partial charge >= 0.3 is 0 Å². The molecule has 2 unspecified atom stereocenters. The Morgan fingerprint density at radius 2 is 1.77 bits per heavy atom. The number of carbonyl (C=O) groups excluding carboxylic acids is 4. The zero-order chi connectivity index (χ0) is 22.0. The minimum atomic E-state index is -0.350. The van der Waals surface area contributed by atoms with E-state index in [-0.39, 0.29) is 129 Å². The Bertz CT molecular complexity index is 1070. The number of thioether (sulfide) groups is 1. The van der Waals surface area contributed by atoms with Crippen molar-refractivity contribution in [3.63, 3.8) is 0 Å². The van der Waals surface area contributed by atoms with E-state index in [1.165, 1.54) is 23.1 Å². The zero-order valence-corrected chi connectivity index (χ0v) is 25.1. The molecule has 1 aliphatic carbocycles. The largest absolute Gasteiger partial charge is 0.652 e. The summed E-state index contributed by atoms with van der Waals surface area (Å²) in [7, 11) is 0. The Kier molecular flexibility index (Phi) is 15.1. The van der Waals surface area contributed by atoms with Crippen molar-refractivity contribution in [2.24, 2.45) is 0 Å². The molecule has 1 fully saturated rings. The quantitative estimate of drug-likeness (QED) is 0.353. The van der Waals surface area contributed by atoms with Gasteiger partial charge in [0, 0.05) is 105 Å². The first kappa shape index (κ1) is 34.2. The molecule has 0 saturated carbocycles. The van der Waals surface area contributed by atoms with Crippen LogP contribution in [0.1, 0.15) is 29.9 Å². The van der Waals surface area contributed by atoms with E-state index in [0.717, 1.165) is 22.3 Å². The Labute approximate surface area is 256 Å². The molecule has 1 aliphatic heterocycles. The summed E-state index contributed by atoms with van der Waals surface area (Å²) in [5.41, 5.74) is 4.74. The Balaban J connectivity index is 0.00000289. The average Bonchev–Trinajstić information content (AvgIpc) is 3.23. The van der Waals surface area contributed by atoms with Crippen LogP contribution in [-0.2, 0) is 98.1 Å². The van der Waals surface area contributed by atoms with Crippen LogP contribution < -0.4 is 5.32 Å². The van der Waals surface area contributed by atoms with Gasteiger partial charge in [-0.1, -0.05) is 36.8 Å². The van der Waals surface area contributed by atoms with Crippen molar-refractivity contribution in [1.29, 1.82) is 0 Å². The molecular formula is C23H21N2O5SV4-. The minimum Gasteiger partial charge on any atom is -0.652 e. The minimum absolute atomic E-state index is 0. The van der Waals surface area contributed by atoms with E-state index < -0.39 is 0 Å². The normalized spacial score (nSPS) is 17.0. The summed E-state index contributed by atoms with van der Waals surface area (Å²) in [5, 5.41) is 2.49. The van der Waals surface area contributed by atoms with Crippen LogP contribution in [0, 0.1) is 0 Å². The van der Waals surface area contributed by atoms with E-state index in [0.29, 0.717) is 5.69 Å². The molecule has 180 valence electrons. The van der Waals surface area contributed by atoms with Gasteiger partial charge in [0.05, 0.1) is 11.9 Å². The van der Waals surface area contributed by atoms with Gasteiger partial charge in [0.1, 0.15) is 0 Å². The number of hydrogen-bond donors (Lipinski definition) is 1. The fourth-order valence-electron chi connectivity index (χ4n) is 4.19. The number of likely N-dealkylation sites (tertiary alicyclic amines) is 1. The summed E-state index contributed by atoms with van der Waals surface area (Å²) in [5.74, 6) is -0.872. The van der Waals surface area contributed by atoms with Crippen molar-refractivity contribution < 1.29 is 98.1 Å². The number of rotatable bonds is 8.